The predicted octanol–water partition coefficient (Wildman–Crippen LogP) is 0.202. The van der Waals surface area contributed by atoms with Crippen molar-refractivity contribution in [1.29, 1.82) is 0 Å². The molecule has 0 aliphatic rings. The van der Waals surface area contributed by atoms with Crippen LogP contribution in [0.5, 0.6) is 0 Å². The lowest BCUT2D eigenvalue weighted by Gasteiger charge is -2.18. The van der Waals surface area contributed by atoms with E-state index in [-0.39, 0.29) is 0 Å². The van der Waals surface area contributed by atoms with E-state index < -0.39 is 17.8 Å². The number of carbonyl (C=O) groups excluding carboxylic acids is 1. The zero-order valence-corrected chi connectivity index (χ0v) is 8.82. The smallest absolute Gasteiger partial charge is 0.315 e. The first-order valence-electron chi connectivity index (χ1n) is 4.56. The fourth-order valence-corrected chi connectivity index (χ4v) is 0.892. The van der Waals surface area contributed by atoms with Gasteiger partial charge in [-0.3, -0.25) is 9.59 Å². The Balaban J connectivity index is 3.92. The summed E-state index contributed by atoms with van der Waals surface area (Å²) >= 11 is 0. The third-order valence-electron chi connectivity index (χ3n) is 1.89. The van der Waals surface area contributed by atoms with Gasteiger partial charge in [0, 0.05) is 20.2 Å². The van der Waals surface area contributed by atoms with Gasteiger partial charge in [0.2, 0.25) is 5.91 Å². The molecule has 0 spiro atoms. The molecule has 0 rings (SSSR count). The van der Waals surface area contributed by atoms with E-state index in [4.69, 9.17) is 9.84 Å². The van der Waals surface area contributed by atoms with Crippen LogP contribution in [0.15, 0.2) is 0 Å². The number of nitrogens with zero attached hydrogens (tertiary/aromatic N) is 1. The van der Waals surface area contributed by atoms with Gasteiger partial charge in [-0.1, -0.05) is 0 Å². The average Bonchev–Trinajstić information content (AvgIpc) is 2.15. The maximum Gasteiger partial charge on any atom is 0.315 e. The predicted molar refractivity (Wildman–Crippen MR) is 50.9 cm³/mol. The first kappa shape index (κ1) is 12.9. The molecule has 82 valence electrons. The zero-order chi connectivity index (χ0) is 11.1. The summed E-state index contributed by atoms with van der Waals surface area (Å²) < 4.78 is 5.05. The van der Waals surface area contributed by atoms with Crippen LogP contribution in [0.25, 0.3) is 0 Å². The van der Waals surface area contributed by atoms with Crippen molar-refractivity contribution in [3.8, 4) is 0 Å². The molecule has 1 amide bonds. The van der Waals surface area contributed by atoms with Crippen molar-refractivity contribution >= 4 is 11.9 Å². The Hall–Kier alpha value is -1.10. The van der Waals surface area contributed by atoms with E-state index in [1.807, 2.05) is 6.92 Å². The van der Waals surface area contributed by atoms with Gasteiger partial charge >= 0.3 is 5.97 Å². The Kier molecular flexibility index (Phi) is 5.87. The van der Waals surface area contributed by atoms with Crippen LogP contribution < -0.4 is 0 Å². The highest BCUT2D eigenvalue weighted by Gasteiger charge is 2.23. The fraction of sp³-hybridized carbons (Fsp3) is 0.778. The molecule has 1 N–H and O–H groups in total. The fourth-order valence-electron chi connectivity index (χ4n) is 0.892. The number of hydrogen-bond donors (Lipinski definition) is 1. The average molecular weight is 203 g/mol. The summed E-state index contributed by atoms with van der Waals surface area (Å²) in [7, 11) is 1.57. The van der Waals surface area contributed by atoms with Crippen molar-refractivity contribution < 1.29 is 19.4 Å². The van der Waals surface area contributed by atoms with Crippen molar-refractivity contribution in [3.63, 3.8) is 0 Å². The normalized spacial score (nSPS) is 12.2. The maximum absolute atomic E-state index is 11.4. The molecule has 14 heavy (non-hydrogen) atoms. The Bertz CT molecular complexity index is 205. The second kappa shape index (κ2) is 6.37. The summed E-state index contributed by atoms with van der Waals surface area (Å²) in [6.45, 7) is 4.69. The van der Waals surface area contributed by atoms with Gasteiger partial charge in [0.05, 0.1) is 6.61 Å². The van der Waals surface area contributed by atoms with Crippen LogP contribution >= 0.6 is 0 Å². The molecule has 0 saturated carbocycles. The molecule has 1 unspecified atom stereocenters. The molecule has 0 saturated heterocycles. The summed E-state index contributed by atoms with van der Waals surface area (Å²) in [6, 6.07) is 0. The number of hydrogen-bond acceptors (Lipinski definition) is 3. The molecule has 0 aromatic rings. The lowest BCUT2D eigenvalue weighted by molar-refractivity contribution is -0.150. The number of likely N-dealkylation sites (N-methyl/N-ethyl adjacent to an activating group) is 1. The van der Waals surface area contributed by atoms with Crippen LogP contribution in [0.3, 0.4) is 0 Å². The molecule has 5 heteroatoms. The van der Waals surface area contributed by atoms with Crippen LogP contribution in [0, 0.1) is 5.92 Å². The highest BCUT2D eigenvalue weighted by atomic mass is 16.5. The van der Waals surface area contributed by atoms with E-state index in [1.54, 1.807) is 7.05 Å². The van der Waals surface area contributed by atoms with E-state index in [0.29, 0.717) is 19.8 Å². The Morgan fingerprint density at radius 2 is 2.07 bits per heavy atom. The summed E-state index contributed by atoms with van der Waals surface area (Å²) in [6.07, 6.45) is 0. The van der Waals surface area contributed by atoms with Crippen LogP contribution in [-0.4, -0.2) is 48.7 Å². The Labute approximate surface area is 83.6 Å². The molecule has 0 aromatic carbocycles. The number of carboxylic acids is 1. The molecule has 0 radical (unpaired) electrons. The molecule has 5 nitrogen and oxygen atoms in total. The molecule has 0 heterocycles. The summed E-state index contributed by atoms with van der Waals surface area (Å²) in [4.78, 5) is 23.2. The molecule has 1 atom stereocenters. The molecular weight excluding hydrogens is 186 g/mol. The minimum atomic E-state index is -1.10. The van der Waals surface area contributed by atoms with Crippen LogP contribution in [0.4, 0.5) is 0 Å². The summed E-state index contributed by atoms with van der Waals surface area (Å²) in [5, 5.41) is 8.59. The van der Waals surface area contributed by atoms with Gasteiger partial charge in [-0.15, -0.1) is 0 Å². The Morgan fingerprint density at radius 1 is 1.50 bits per heavy atom. The first-order chi connectivity index (χ1) is 6.50. The van der Waals surface area contributed by atoms with Gasteiger partial charge in [-0.05, 0) is 13.8 Å². The monoisotopic (exact) mass is 203 g/mol. The van der Waals surface area contributed by atoms with Gasteiger partial charge in [0.1, 0.15) is 5.92 Å². The highest BCUT2D eigenvalue weighted by molar-refractivity contribution is 5.96. The maximum atomic E-state index is 11.4. The molecule has 0 fully saturated rings. The number of aliphatic carboxylic acids is 1. The van der Waals surface area contributed by atoms with Gasteiger partial charge in [-0.2, -0.15) is 0 Å². The first-order valence-corrected chi connectivity index (χ1v) is 4.56. The number of amides is 1. The number of ether oxygens (including phenoxy) is 1. The van der Waals surface area contributed by atoms with Crippen molar-refractivity contribution in [3.05, 3.63) is 0 Å². The number of carbonyl (C=O) groups is 2. The SMILES string of the molecule is CCOCCN(C)C(=O)C(C)C(=O)O. The number of rotatable bonds is 6. The van der Waals surface area contributed by atoms with Crippen LogP contribution in [-0.2, 0) is 14.3 Å². The lowest BCUT2D eigenvalue weighted by Crippen LogP contribution is -2.37. The third kappa shape index (κ3) is 4.23. The molecule has 0 aromatic heterocycles. The summed E-state index contributed by atoms with van der Waals surface area (Å²) in [5.74, 6) is -2.47. The highest BCUT2D eigenvalue weighted by Crippen LogP contribution is 2.00. The molecule has 0 bridgehead atoms. The van der Waals surface area contributed by atoms with Gasteiger partial charge in [0.15, 0.2) is 0 Å². The van der Waals surface area contributed by atoms with Crippen molar-refractivity contribution in [2.24, 2.45) is 5.92 Å². The van der Waals surface area contributed by atoms with Gasteiger partial charge in [-0.25, -0.2) is 0 Å². The lowest BCUT2D eigenvalue weighted by atomic mass is 10.1. The van der Waals surface area contributed by atoms with E-state index in [1.165, 1.54) is 11.8 Å². The van der Waals surface area contributed by atoms with E-state index in [2.05, 4.69) is 0 Å². The van der Waals surface area contributed by atoms with E-state index in [0.717, 1.165) is 0 Å². The van der Waals surface area contributed by atoms with Crippen molar-refractivity contribution in [1.82, 2.24) is 4.90 Å². The topological polar surface area (TPSA) is 66.8 Å². The second-order valence-corrected chi connectivity index (χ2v) is 3.02. The largest absolute Gasteiger partial charge is 0.481 e. The quantitative estimate of drug-likeness (QED) is 0.494. The third-order valence-corrected chi connectivity index (χ3v) is 1.89. The van der Waals surface area contributed by atoms with Crippen LogP contribution in [0.2, 0.25) is 0 Å². The summed E-state index contributed by atoms with van der Waals surface area (Å²) in [5.41, 5.74) is 0. The van der Waals surface area contributed by atoms with Crippen molar-refractivity contribution in [2.75, 3.05) is 26.8 Å². The van der Waals surface area contributed by atoms with Gasteiger partial charge < -0.3 is 14.7 Å². The van der Waals surface area contributed by atoms with Crippen LogP contribution in [0.1, 0.15) is 13.8 Å². The van der Waals surface area contributed by atoms with E-state index >= 15 is 0 Å². The minimum absolute atomic E-state index is 0.391. The zero-order valence-electron chi connectivity index (χ0n) is 8.82. The minimum Gasteiger partial charge on any atom is -0.481 e. The number of carboxylic acid groups (broad SMARTS) is 1. The molecule has 0 aliphatic carbocycles. The van der Waals surface area contributed by atoms with Gasteiger partial charge in [0.25, 0.3) is 0 Å². The Morgan fingerprint density at radius 3 is 2.50 bits per heavy atom. The molecular formula is C9H17NO4. The second-order valence-electron chi connectivity index (χ2n) is 3.02. The van der Waals surface area contributed by atoms with E-state index in [9.17, 15) is 9.59 Å². The molecule has 0 aliphatic heterocycles. The van der Waals surface area contributed by atoms with Crippen molar-refractivity contribution in [2.45, 2.75) is 13.8 Å². The standard InChI is InChI=1S/C9H17NO4/c1-4-14-6-5-10(3)8(11)7(2)9(12)13/h7H,4-6H2,1-3H3,(H,12,13).